The molecule has 2 heterocycles. The number of carbonyl (C=O) groups is 1. The Bertz CT molecular complexity index is 2070. The second kappa shape index (κ2) is 18.4. The number of nitrogens with zero attached hydrogens (tertiary/aromatic N) is 4. The van der Waals surface area contributed by atoms with Crippen LogP contribution in [0.3, 0.4) is 0 Å². The Labute approximate surface area is 323 Å². The van der Waals surface area contributed by atoms with E-state index >= 15 is 0 Å². The van der Waals surface area contributed by atoms with Gasteiger partial charge in [0.05, 0.1) is 29.5 Å². The van der Waals surface area contributed by atoms with E-state index in [9.17, 15) is 4.79 Å². The summed E-state index contributed by atoms with van der Waals surface area (Å²) in [5.41, 5.74) is 6.99. The van der Waals surface area contributed by atoms with Gasteiger partial charge in [-0.05, 0) is 88.7 Å². The minimum absolute atomic E-state index is 0.0307. The average Bonchev–Trinajstić information content (AvgIpc) is 3.19. The fourth-order valence-electron chi connectivity index (χ4n) is 6.09. The third-order valence-electron chi connectivity index (χ3n) is 9.43. The quantitative estimate of drug-likeness (QED) is 0.105. The topological polar surface area (TPSA) is 87.9 Å². The number of rotatable bonds is 14. The Kier molecular flexibility index (Phi) is 13.0. The number of piperazine rings is 1. The third-order valence-corrected chi connectivity index (χ3v) is 9.76. The summed E-state index contributed by atoms with van der Waals surface area (Å²) in [4.78, 5) is 21.7. The van der Waals surface area contributed by atoms with Crippen molar-refractivity contribution in [1.82, 2.24) is 14.8 Å². The van der Waals surface area contributed by atoms with E-state index in [0.29, 0.717) is 60.2 Å². The van der Waals surface area contributed by atoms with Crippen LogP contribution < -0.4 is 14.2 Å². The van der Waals surface area contributed by atoms with Gasteiger partial charge in [-0.15, -0.1) is 0 Å². The molecule has 276 valence electrons. The van der Waals surface area contributed by atoms with Crippen molar-refractivity contribution in [3.63, 3.8) is 0 Å². The number of hydrogen-bond acceptors (Lipinski definition) is 7. The van der Waals surface area contributed by atoms with Gasteiger partial charge < -0.3 is 19.1 Å². The first-order valence-electron chi connectivity index (χ1n) is 18.3. The summed E-state index contributed by atoms with van der Waals surface area (Å²) < 4.78 is 17.8. The molecule has 0 saturated carbocycles. The van der Waals surface area contributed by atoms with Gasteiger partial charge in [-0.25, -0.2) is 4.98 Å². The second-order valence-corrected chi connectivity index (χ2v) is 14.2. The van der Waals surface area contributed by atoms with Gasteiger partial charge in [-0.3, -0.25) is 9.69 Å². The maximum atomic E-state index is 13.1. The first-order valence-corrected chi connectivity index (χ1v) is 18.7. The Morgan fingerprint density at radius 1 is 0.870 bits per heavy atom. The molecule has 0 spiro atoms. The summed E-state index contributed by atoms with van der Waals surface area (Å²) in [6.45, 7) is 11.1. The molecule has 1 aliphatic rings. The number of nitriles is 1. The minimum atomic E-state index is -0.0307. The number of hydrogen-bond donors (Lipinski definition) is 0. The van der Waals surface area contributed by atoms with Crippen LogP contribution in [0.1, 0.15) is 58.7 Å². The molecule has 1 saturated heterocycles. The van der Waals surface area contributed by atoms with E-state index in [-0.39, 0.29) is 5.91 Å². The van der Waals surface area contributed by atoms with Crippen LogP contribution in [-0.2, 0) is 24.4 Å². The van der Waals surface area contributed by atoms with E-state index in [0.717, 1.165) is 48.5 Å². The number of amides is 1. The molecule has 6 rings (SSSR count). The molecule has 0 atom stereocenters. The Balaban J connectivity index is 0.922. The van der Waals surface area contributed by atoms with E-state index in [1.165, 1.54) is 16.7 Å². The summed E-state index contributed by atoms with van der Waals surface area (Å²) in [6.07, 6.45) is 5.82. The molecule has 0 N–H and O–H groups in total. The lowest BCUT2D eigenvalue weighted by Gasteiger charge is -2.34. The van der Waals surface area contributed by atoms with E-state index in [1.807, 2.05) is 42.2 Å². The van der Waals surface area contributed by atoms with Crippen LogP contribution in [0.4, 0.5) is 0 Å². The van der Waals surface area contributed by atoms with E-state index < -0.39 is 0 Å². The lowest BCUT2D eigenvalue weighted by molar-refractivity contribution is -0.127. The molecule has 0 unspecified atom stereocenters. The molecule has 8 nitrogen and oxygen atoms in total. The number of aryl methyl sites for hydroxylation is 1. The SMILES string of the molecule is Cc1cc(/C=C/C(=O)N2CCN(Cc3ccc(CCOc4ccc(C(C)C)cc4)cc3)CC2)c(Cl)cc1Oc1ccc(OCc2ccc(C#N)cc2)cn1. The zero-order valence-corrected chi connectivity index (χ0v) is 31.8. The van der Waals surface area contributed by atoms with Crippen molar-refractivity contribution >= 4 is 23.6 Å². The summed E-state index contributed by atoms with van der Waals surface area (Å²) in [5.74, 6) is 2.96. The van der Waals surface area contributed by atoms with Crippen molar-refractivity contribution in [3.8, 4) is 29.2 Å². The maximum Gasteiger partial charge on any atom is 0.246 e. The van der Waals surface area contributed by atoms with E-state index in [4.69, 9.17) is 31.1 Å². The Morgan fingerprint density at radius 2 is 1.56 bits per heavy atom. The van der Waals surface area contributed by atoms with Crippen LogP contribution in [0.25, 0.3) is 6.08 Å². The van der Waals surface area contributed by atoms with Crippen molar-refractivity contribution in [2.24, 2.45) is 0 Å². The van der Waals surface area contributed by atoms with Crippen LogP contribution in [0, 0.1) is 18.3 Å². The van der Waals surface area contributed by atoms with Crippen LogP contribution in [0.2, 0.25) is 5.02 Å². The molecule has 1 amide bonds. The van der Waals surface area contributed by atoms with Gasteiger partial charge in [-0.2, -0.15) is 5.26 Å². The van der Waals surface area contributed by atoms with Crippen LogP contribution in [0.15, 0.2) is 109 Å². The smallest absolute Gasteiger partial charge is 0.246 e. The maximum absolute atomic E-state index is 13.1. The van der Waals surface area contributed by atoms with Crippen LogP contribution in [-0.4, -0.2) is 53.5 Å². The van der Waals surface area contributed by atoms with Gasteiger partial charge >= 0.3 is 0 Å². The van der Waals surface area contributed by atoms with Crippen molar-refractivity contribution < 1.29 is 19.0 Å². The molecule has 1 aromatic heterocycles. The number of aromatic nitrogens is 1. The lowest BCUT2D eigenvalue weighted by atomic mass is 10.0. The van der Waals surface area contributed by atoms with Crippen molar-refractivity contribution in [2.45, 2.75) is 46.3 Å². The van der Waals surface area contributed by atoms with Gasteiger partial charge in [0.2, 0.25) is 11.8 Å². The number of pyridine rings is 1. The Morgan fingerprint density at radius 3 is 2.22 bits per heavy atom. The summed E-state index contributed by atoms with van der Waals surface area (Å²) >= 11 is 6.62. The average molecular weight is 741 g/mol. The first kappa shape index (κ1) is 38.1. The van der Waals surface area contributed by atoms with E-state index in [1.54, 1.807) is 48.7 Å². The lowest BCUT2D eigenvalue weighted by Crippen LogP contribution is -2.47. The predicted octanol–water partition coefficient (Wildman–Crippen LogP) is 9.39. The molecule has 0 aliphatic carbocycles. The summed E-state index contributed by atoms with van der Waals surface area (Å²) in [7, 11) is 0. The predicted molar refractivity (Wildman–Crippen MR) is 213 cm³/mol. The van der Waals surface area contributed by atoms with E-state index in [2.05, 4.69) is 66.2 Å². The fourth-order valence-corrected chi connectivity index (χ4v) is 6.31. The zero-order valence-electron chi connectivity index (χ0n) is 31.0. The highest BCUT2D eigenvalue weighted by atomic mass is 35.5. The van der Waals surface area contributed by atoms with Crippen LogP contribution >= 0.6 is 11.6 Å². The normalized spacial score (nSPS) is 13.2. The fraction of sp³-hybridized carbons (Fsp3) is 0.267. The minimum Gasteiger partial charge on any atom is -0.493 e. The molecule has 9 heteroatoms. The Hall–Kier alpha value is -5.62. The molecule has 1 fully saturated rings. The van der Waals surface area contributed by atoms with Gasteiger partial charge in [0.1, 0.15) is 23.9 Å². The standard InChI is InChI=1S/C45H45ClN4O4/c1-32(2)38-12-15-40(16-13-38)52-25-20-34-4-8-36(9-5-34)30-49-21-23-50(24-22-49)45(51)19-14-39-26-33(3)43(27-42(39)46)54-44-18-17-41(29-48-44)53-31-37-10-6-35(28-47)7-11-37/h4-19,26-27,29,32H,20-25,30-31H2,1-3H3/b19-14+. The highest BCUT2D eigenvalue weighted by molar-refractivity contribution is 6.32. The summed E-state index contributed by atoms with van der Waals surface area (Å²) in [6, 6.07) is 33.6. The molecule has 4 aromatic carbocycles. The molecule has 5 aromatic rings. The van der Waals surface area contributed by atoms with Crippen molar-refractivity contribution in [1.29, 1.82) is 5.26 Å². The molecular formula is C45H45ClN4O4. The molecule has 1 aliphatic heterocycles. The van der Waals surface area contributed by atoms with Crippen molar-refractivity contribution in [2.75, 3.05) is 32.8 Å². The molecule has 0 bridgehead atoms. The highest BCUT2D eigenvalue weighted by Gasteiger charge is 2.20. The number of ether oxygens (including phenoxy) is 3. The highest BCUT2D eigenvalue weighted by Crippen LogP contribution is 2.31. The number of carbonyl (C=O) groups excluding carboxylic acids is 1. The largest absolute Gasteiger partial charge is 0.493 e. The zero-order chi connectivity index (χ0) is 37.9. The van der Waals surface area contributed by atoms with Gasteiger partial charge in [-0.1, -0.05) is 74.0 Å². The van der Waals surface area contributed by atoms with Crippen LogP contribution in [0.5, 0.6) is 23.1 Å². The molecule has 54 heavy (non-hydrogen) atoms. The van der Waals surface area contributed by atoms with Gasteiger partial charge in [0, 0.05) is 57.4 Å². The molecular weight excluding hydrogens is 696 g/mol. The molecule has 0 radical (unpaired) electrons. The van der Waals surface area contributed by atoms with Gasteiger partial charge in [0.15, 0.2) is 0 Å². The second-order valence-electron chi connectivity index (χ2n) is 13.7. The monoisotopic (exact) mass is 740 g/mol. The first-order chi connectivity index (χ1) is 26.2. The number of benzene rings is 4. The van der Waals surface area contributed by atoms with Gasteiger partial charge in [0.25, 0.3) is 0 Å². The van der Waals surface area contributed by atoms with Crippen molar-refractivity contribution in [3.05, 3.63) is 153 Å². The third kappa shape index (κ3) is 10.7. The summed E-state index contributed by atoms with van der Waals surface area (Å²) in [5, 5.41) is 9.43. The number of halogens is 1.